The molecule has 0 spiro atoms. The Kier molecular flexibility index (Phi) is 1.64. The van der Waals surface area contributed by atoms with Gasteiger partial charge in [-0.15, -0.1) is 0 Å². The number of halogens is 1. The minimum absolute atomic E-state index is 0.00648. The molecular formula is C9H8FNO. The lowest BCUT2D eigenvalue weighted by Crippen LogP contribution is -2.13. The van der Waals surface area contributed by atoms with Gasteiger partial charge in [0.2, 0.25) is 0 Å². The van der Waals surface area contributed by atoms with E-state index >= 15 is 0 Å². The van der Waals surface area contributed by atoms with Gasteiger partial charge in [-0.2, -0.15) is 0 Å². The maximum absolute atomic E-state index is 13.2. The summed E-state index contributed by atoms with van der Waals surface area (Å²) in [7, 11) is 0. The summed E-state index contributed by atoms with van der Waals surface area (Å²) in [5.41, 5.74) is 0.956. The van der Waals surface area contributed by atoms with E-state index in [1.165, 1.54) is 12.4 Å². The molecule has 0 fully saturated rings. The van der Waals surface area contributed by atoms with Crippen molar-refractivity contribution in [1.82, 2.24) is 4.98 Å². The van der Waals surface area contributed by atoms with Crippen molar-refractivity contribution >= 4 is 5.78 Å². The van der Waals surface area contributed by atoms with Gasteiger partial charge in [-0.05, 0) is 18.1 Å². The highest BCUT2D eigenvalue weighted by atomic mass is 19.1. The smallest absolute Gasteiger partial charge is 0.164 e. The van der Waals surface area contributed by atoms with E-state index in [2.05, 4.69) is 4.98 Å². The van der Waals surface area contributed by atoms with Crippen LogP contribution in [0.3, 0.4) is 0 Å². The predicted octanol–water partition coefficient (Wildman–Crippen LogP) is 2.07. The van der Waals surface area contributed by atoms with Gasteiger partial charge in [-0.3, -0.25) is 9.78 Å². The predicted molar refractivity (Wildman–Crippen MR) is 41.7 cm³/mol. The molecule has 0 aliphatic heterocycles. The van der Waals surface area contributed by atoms with Crippen LogP contribution >= 0.6 is 0 Å². The van der Waals surface area contributed by atoms with Crippen LogP contribution < -0.4 is 0 Å². The lowest BCUT2D eigenvalue weighted by molar-refractivity contribution is 0.0948. The van der Waals surface area contributed by atoms with E-state index in [0.717, 1.165) is 0 Å². The largest absolute Gasteiger partial charge is 0.294 e. The summed E-state index contributed by atoms with van der Waals surface area (Å²) in [5, 5.41) is 0. The molecule has 1 unspecified atom stereocenters. The zero-order chi connectivity index (χ0) is 8.55. The molecule has 0 N–H and O–H groups in total. The minimum Gasteiger partial charge on any atom is -0.294 e. The quantitative estimate of drug-likeness (QED) is 0.589. The first-order valence-corrected chi connectivity index (χ1v) is 3.90. The zero-order valence-corrected chi connectivity index (χ0v) is 6.46. The third-order valence-corrected chi connectivity index (χ3v) is 2.12. The lowest BCUT2D eigenvalue weighted by atomic mass is 9.91. The number of carbonyl (C=O) groups is 1. The van der Waals surface area contributed by atoms with Crippen LogP contribution in [0.15, 0.2) is 18.5 Å². The van der Waals surface area contributed by atoms with Gasteiger partial charge in [0.05, 0.1) is 0 Å². The summed E-state index contributed by atoms with van der Waals surface area (Å²) in [4.78, 5) is 15.0. The highest BCUT2D eigenvalue weighted by Gasteiger charge is 2.24. The molecule has 12 heavy (non-hydrogen) atoms. The van der Waals surface area contributed by atoms with Crippen LogP contribution in [0.5, 0.6) is 0 Å². The Labute approximate surface area is 69.4 Å². The number of pyridine rings is 1. The van der Waals surface area contributed by atoms with Crippen molar-refractivity contribution in [3.05, 3.63) is 29.6 Å². The van der Waals surface area contributed by atoms with E-state index in [-0.39, 0.29) is 5.78 Å². The first-order valence-electron chi connectivity index (χ1n) is 3.90. The molecule has 1 heterocycles. The van der Waals surface area contributed by atoms with Crippen LogP contribution in [0.25, 0.3) is 0 Å². The third-order valence-electron chi connectivity index (χ3n) is 2.12. The average Bonchev–Trinajstić information content (AvgIpc) is 2.12. The first kappa shape index (κ1) is 7.40. The standard InChI is InChI=1S/C9H8FNO/c10-8-1-2-9(12)7-5-11-4-3-6(7)8/h3-5,8H,1-2H2. The molecule has 2 nitrogen and oxygen atoms in total. The second kappa shape index (κ2) is 2.66. The van der Waals surface area contributed by atoms with Crippen LogP contribution in [0.1, 0.15) is 34.9 Å². The van der Waals surface area contributed by atoms with E-state index < -0.39 is 6.17 Å². The van der Waals surface area contributed by atoms with E-state index in [1.54, 1.807) is 6.07 Å². The number of carbonyl (C=O) groups excluding carboxylic acids is 1. The number of Topliss-reactive ketones (excluding diaryl/α,β-unsaturated/α-hetero) is 1. The van der Waals surface area contributed by atoms with E-state index in [1.807, 2.05) is 0 Å². The summed E-state index contributed by atoms with van der Waals surface area (Å²) in [6.45, 7) is 0. The van der Waals surface area contributed by atoms with Crippen molar-refractivity contribution in [1.29, 1.82) is 0 Å². The highest BCUT2D eigenvalue weighted by molar-refractivity contribution is 5.98. The molecule has 1 aliphatic rings. The van der Waals surface area contributed by atoms with Gasteiger partial charge in [0.1, 0.15) is 6.17 Å². The van der Waals surface area contributed by atoms with Crippen molar-refractivity contribution in [3.63, 3.8) is 0 Å². The van der Waals surface area contributed by atoms with Crippen LogP contribution in [0.4, 0.5) is 4.39 Å². The average molecular weight is 165 g/mol. The van der Waals surface area contributed by atoms with Crippen molar-refractivity contribution in [2.45, 2.75) is 19.0 Å². The van der Waals surface area contributed by atoms with Crippen molar-refractivity contribution in [3.8, 4) is 0 Å². The Morgan fingerprint density at radius 1 is 1.58 bits per heavy atom. The normalized spacial score (nSPS) is 22.1. The van der Waals surface area contributed by atoms with Crippen molar-refractivity contribution < 1.29 is 9.18 Å². The van der Waals surface area contributed by atoms with Gasteiger partial charge in [0, 0.05) is 24.4 Å². The molecule has 0 saturated carbocycles. The summed E-state index contributed by atoms with van der Waals surface area (Å²) >= 11 is 0. The first-order chi connectivity index (χ1) is 5.79. The van der Waals surface area contributed by atoms with Crippen LogP contribution in [-0.4, -0.2) is 10.8 Å². The second-order valence-corrected chi connectivity index (χ2v) is 2.89. The number of alkyl halides is 1. The molecule has 0 saturated heterocycles. The molecule has 1 atom stereocenters. The summed E-state index contributed by atoms with van der Waals surface area (Å²) < 4.78 is 13.2. The topological polar surface area (TPSA) is 30.0 Å². The van der Waals surface area contributed by atoms with Crippen molar-refractivity contribution in [2.75, 3.05) is 0 Å². The Hall–Kier alpha value is -1.25. The van der Waals surface area contributed by atoms with Gasteiger partial charge in [0.25, 0.3) is 0 Å². The van der Waals surface area contributed by atoms with Crippen LogP contribution in [-0.2, 0) is 0 Å². The number of hydrogen-bond acceptors (Lipinski definition) is 2. The number of rotatable bonds is 0. The number of hydrogen-bond donors (Lipinski definition) is 0. The number of fused-ring (bicyclic) bond motifs is 1. The number of aromatic nitrogens is 1. The molecule has 3 heteroatoms. The molecule has 1 aromatic rings. The van der Waals surface area contributed by atoms with Crippen LogP contribution in [0.2, 0.25) is 0 Å². The third kappa shape index (κ3) is 1.02. The molecule has 0 bridgehead atoms. The van der Waals surface area contributed by atoms with Gasteiger partial charge in [-0.1, -0.05) is 0 Å². The lowest BCUT2D eigenvalue weighted by Gasteiger charge is -2.16. The fourth-order valence-electron chi connectivity index (χ4n) is 1.46. The van der Waals surface area contributed by atoms with E-state index in [0.29, 0.717) is 24.0 Å². The Balaban J connectivity index is 2.55. The second-order valence-electron chi connectivity index (χ2n) is 2.89. The van der Waals surface area contributed by atoms with Crippen molar-refractivity contribution in [2.24, 2.45) is 0 Å². The molecular weight excluding hydrogens is 157 g/mol. The number of ketones is 1. The fraction of sp³-hybridized carbons (Fsp3) is 0.333. The molecule has 0 radical (unpaired) electrons. The van der Waals surface area contributed by atoms with Gasteiger partial charge < -0.3 is 0 Å². The van der Waals surface area contributed by atoms with Crippen LogP contribution in [0, 0.1) is 0 Å². The fourth-order valence-corrected chi connectivity index (χ4v) is 1.46. The van der Waals surface area contributed by atoms with Gasteiger partial charge in [0.15, 0.2) is 5.78 Å². The maximum atomic E-state index is 13.2. The molecule has 62 valence electrons. The number of nitrogens with zero attached hydrogens (tertiary/aromatic N) is 1. The summed E-state index contributed by atoms with van der Waals surface area (Å²) in [5.74, 6) is 0.00648. The summed E-state index contributed by atoms with van der Waals surface area (Å²) in [6, 6.07) is 1.58. The SMILES string of the molecule is O=C1CCC(F)c2ccncc21. The Morgan fingerprint density at radius 2 is 2.42 bits per heavy atom. The molecule has 0 amide bonds. The zero-order valence-electron chi connectivity index (χ0n) is 6.46. The van der Waals surface area contributed by atoms with E-state index in [9.17, 15) is 9.18 Å². The molecule has 2 rings (SSSR count). The van der Waals surface area contributed by atoms with Gasteiger partial charge >= 0.3 is 0 Å². The monoisotopic (exact) mass is 165 g/mol. The summed E-state index contributed by atoms with van der Waals surface area (Å²) in [6.07, 6.45) is 2.60. The molecule has 1 aromatic heterocycles. The molecule has 1 aliphatic carbocycles. The van der Waals surface area contributed by atoms with Gasteiger partial charge in [-0.25, -0.2) is 4.39 Å². The minimum atomic E-state index is -0.985. The maximum Gasteiger partial charge on any atom is 0.164 e. The Bertz CT molecular complexity index is 324. The Morgan fingerprint density at radius 3 is 3.17 bits per heavy atom. The van der Waals surface area contributed by atoms with E-state index in [4.69, 9.17) is 0 Å². The highest BCUT2D eigenvalue weighted by Crippen LogP contribution is 2.31. The molecule has 0 aromatic carbocycles.